The summed E-state index contributed by atoms with van der Waals surface area (Å²) in [6, 6.07) is 0. The number of hydrogen-bond donors (Lipinski definition) is 0. The molecule has 0 N–H and O–H groups in total. The fourth-order valence-electron chi connectivity index (χ4n) is 0. The van der Waals surface area contributed by atoms with Gasteiger partial charge in [0.25, 0.3) is 0 Å². The maximum atomic E-state index is 0. The molecule has 0 nitrogen and oxygen atoms in total. The zero-order valence-corrected chi connectivity index (χ0v) is 8.36. The molecule has 0 amide bonds. The Bertz CT molecular complexity index is 4.85. The van der Waals surface area contributed by atoms with Crippen LogP contribution in [0.5, 0.6) is 0 Å². The van der Waals surface area contributed by atoms with Gasteiger partial charge < -0.3 is 40.5 Å². The summed E-state index contributed by atoms with van der Waals surface area (Å²) in [4.78, 5) is 0. The molecule has 0 saturated heterocycles. The standard InChI is InChI=1S/2Dy.3S/q2*+3;3*-2. The van der Waals surface area contributed by atoms with Gasteiger partial charge in [-0.3, -0.25) is 0 Å². The van der Waals surface area contributed by atoms with Crippen molar-refractivity contribution in [1.82, 2.24) is 0 Å². The molecule has 0 unspecified atom stereocenters. The fraction of sp³-hybridized carbons (Fsp3) is 0. The molecule has 5 heavy (non-hydrogen) atoms. The summed E-state index contributed by atoms with van der Waals surface area (Å²) in [6.07, 6.45) is 0. The predicted octanol–water partition coefficient (Wildman–Crippen LogP) is -0.00720. The van der Waals surface area contributed by atoms with Gasteiger partial charge in [0.1, 0.15) is 0 Å². The second-order valence-corrected chi connectivity index (χ2v) is 0. The van der Waals surface area contributed by atoms with Crippen molar-refractivity contribution in [2.45, 2.75) is 0 Å². The van der Waals surface area contributed by atoms with Crippen LogP contribution in [-0.4, -0.2) is 0 Å². The third kappa shape index (κ3) is 18.4. The maximum absolute atomic E-state index is 0. The minimum absolute atomic E-state index is 0. The van der Waals surface area contributed by atoms with E-state index in [0.717, 1.165) is 0 Å². The van der Waals surface area contributed by atoms with E-state index in [0.29, 0.717) is 0 Å². The summed E-state index contributed by atoms with van der Waals surface area (Å²) in [5.41, 5.74) is 0. The van der Waals surface area contributed by atoms with Gasteiger partial charge in [0.05, 0.1) is 0 Å². The fourth-order valence-corrected chi connectivity index (χ4v) is 0. The molecule has 0 aromatic heterocycles. The van der Waals surface area contributed by atoms with Crippen LogP contribution in [0.15, 0.2) is 0 Å². The molecule has 0 aromatic rings. The summed E-state index contributed by atoms with van der Waals surface area (Å²) < 4.78 is 0. The van der Waals surface area contributed by atoms with Gasteiger partial charge in [0.15, 0.2) is 0 Å². The molecule has 0 heterocycles. The second kappa shape index (κ2) is 25.6. The summed E-state index contributed by atoms with van der Waals surface area (Å²) in [5.74, 6) is 0. The zero-order valence-electron chi connectivity index (χ0n) is 1.86. The van der Waals surface area contributed by atoms with Gasteiger partial charge >= 0.3 is 76.3 Å². The van der Waals surface area contributed by atoms with Crippen LogP contribution >= 0.6 is 0 Å². The number of rotatable bonds is 0. The van der Waals surface area contributed by atoms with Crippen molar-refractivity contribution in [3.05, 3.63) is 0 Å². The first kappa shape index (κ1) is 38.4. The maximum Gasteiger partial charge on any atom is 3.00 e. The first-order valence-electron chi connectivity index (χ1n) is 0. The SMILES string of the molecule is [Dy+3].[Dy+3].[S-2].[S-2].[S-2]. The molecule has 5 heteroatoms. The molecule has 0 aliphatic heterocycles. The van der Waals surface area contributed by atoms with Crippen molar-refractivity contribution >= 4 is 40.5 Å². The molecule has 0 rings (SSSR count). The van der Waals surface area contributed by atoms with Crippen molar-refractivity contribution in [3.8, 4) is 0 Å². The van der Waals surface area contributed by atoms with Crippen molar-refractivity contribution in [1.29, 1.82) is 0 Å². The van der Waals surface area contributed by atoms with Crippen LogP contribution in [0.4, 0.5) is 0 Å². The molecule has 2 radical (unpaired) electrons. The average molecular weight is 421 g/mol. The quantitative estimate of drug-likeness (QED) is 0.517. The average Bonchev–Trinajstić information content (AvgIpc) is 0. The Morgan fingerprint density at radius 2 is 0.400 bits per heavy atom. The van der Waals surface area contributed by atoms with Crippen molar-refractivity contribution < 1.29 is 76.3 Å². The van der Waals surface area contributed by atoms with Gasteiger partial charge in [-0.2, -0.15) is 0 Å². The van der Waals surface area contributed by atoms with E-state index in [1.165, 1.54) is 0 Å². The molecule has 0 aromatic carbocycles. The van der Waals surface area contributed by atoms with Gasteiger partial charge in [0, 0.05) is 0 Å². The third-order valence-corrected chi connectivity index (χ3v) is 0. The topological polar surface area (TPSA) is 0 Å². The minimum atomic E-state index is 0. The van der Waals surface area contributed by atoms with Gasteiger partial charge in [0.2, 0.25) is 0 Å². The van der Waals surface area contributed by atoms with Gasteiger partial charge in [-0.15, -0.1) is 0 Å². The monoisotopic (exact) mass is 424 g/mol. The Morgan fingerprint density at radius 1 is 0.400 bits per heavy atom. The van der Waals surface area contributed by atoms with E-state index in [1.807, 2.05) is 0 Å². The molecule has 0 aliphatic carbocycles. The van der Waals surface area contributed by atoms with Gasteiger partial charge in [-0.05, 0) is 0 Å². The molecular formula is Dy2S3. The van der Waals surface area contributed by atoms with Crippen LogP contribution in [-0.2, 0) is 40.5 Å². The Kier molecular flexibility index (Phi) is 196. The summed E-state index contributed by atoms with van der Waals surface area (Å²) >= 11 is 0. The molecular weight excluding hydrogens is 421 g/mol. The molecule has 0 spiro atoms. The second-order valence-electron chi connectivity index (χ2n) is 0. The Morgan fingerprint density at radius 3 is 0.400 bits per heavy atom. The smallest absolute Gasteiger partial charge is 2.00 e. The van der Waals surface area contributed by atoms with Gasteiger partial charge in [-0.25, -0.2) is 0 Å². The van der Waals surface area contributed by atoms with Crippen LogP contribution < -0.4 is 0 Å². The summed E-state index contributed by atoms with van der Waals surface area (Å²) in [5, 5.41) is 0. The molecule has 38 valence electrons. The van der Waals surface area contributed by atoms with Crippen molar-refractivity contribution in [2.24, 2.45) is 0 Å². The summed E-state index contributed by atoms with van der Waals surface area (Å²) in [6.45, 7) is 0. The van der Waals surface area contributed by atoms with Crippen LogP contribution in [0.25, 0.3) is 0 Å². The minimum Gasteiger partial charge on any atom is -2.00 e. The number of hydrogen-bond acceptors (Lipinski definition) is 0. The predicted molar refractivity (Wildman–Crippen MR) is 22.1 cm³/mol. The third-order valence-electron chi connectivity index (χ3n) is 0. The van der Waals surface area contributed by atoms with Gasteiger partial charge in [-0.1, -0.05) is 0 Å². The van der Waals surface area contributed by atoms with Crippen LogP contribution in [0, 0.1) is 76.3 Å². The molecule has 0 bridgehead atoms. The van der Waals surface area contributed by atoms with Crippen molar-refractivity contribution in [2.75, 3.05) is 0 Å². The Hall–Kier alpha value is 3.60. The molecule has 0 fully saturated rings. The van der Waals surface area contributed by atoms with Crippen LogP contribution in [0.2, 0.25) is 0 Å². The molecule has 0 saturated carbocycles. The Labute approximate surface area is 114 Å². The first-order valence-corrected chi connectivity index (χ1v) is 0. The van der Waals surface area contributed by atoms with E-state index in [9.17, 15) is 0 Å². The van der Waals surface area contributed by atoms with Crippen LogP contribution in [0.1, 0.15) is 0 Å². The first-order chi connectivity index (χ1) is 0. The van der Waals surface area contributed by atoms with E-state index < -0.39 is 0 Å². The largest absolute Gasteiger partial charge is 3.00 e. The molecule has 0 atom stereocenters. The molecule has 0 aliphatic rings. The van der Waals surface area contributed by atoms with E-state index in [-0.39, 0.29) is 117 Å². The summed E-state index contributed by atoms with van der Waals surface area (Å²) in [7, 11) is 0. The normalized spacial score (nSPS) is 0. The van der Waals surface area contributed by atoms with E-state index in [1.54, 1.807) is 0 Å². The van der Waals surface area contributed by atoms with E-state index >= 15 is 0 Å². The van der Waals surface area contributed by atoms with Crippen LogP contribution in [0.3, 0.4) is 0 Å². The van der Waals surface area contributed by atoms with Crippen molar-refractivity contribution in [3.63, 3.8) is 0 Å². The van der Waals surface area contributed by atoms with E-state index in [2.05, 4.69) is 0 Å². The zero-order chi connectivity index (χ0) is 0. The Balaban J connectivity index is 0. The van der Waals surface area contributed by atoms with E-state index in [4.69, 9.17) is 0 Å².